The molecule has 0 heterocycles. The molecule has 0 spiro atoms. The first-order chi connectivity index (χ1) is 6.63. The minimum absolute atomic E-state index is 0.0273. The molecule has 0 bridgehead atoms. The summed E-state index contributed by atoms with van der Waals surface area (Å²) in [6, 6.07) is 7.95. The van der Waals surface area contributed by atoms with Crippen molar-refractivity contribution in [1.29, 1.82) is 0 Å². The lowest BCUT2D eigenvalue weighted by Crippen LogP contribution is -2.11. The molecule has 0 aliphatic heterocycles. The van der Waals surface area contributed by atoms with Crippen molar-refractivity contribution in [3.63, 3.8) is 0 Å². The normalized spacial score (nSPS) is 12.4. The molecule has 0 aliphatic rings. The van der Waals surface area contributed by atoms with Crippen LogP contribution in [0.1, 0.15) is 30.4 Å². The summed E-state index contributed by atoms with van der Waals surface area (Å²) >= 11 is 0. The number of nitro groups is 1. The van der Waals surface area contributed by atoms with Crippen molar-refractivity contribution in [1.82, 2.24) is 0 Å². The Hall–Kier alpha value is -1.38. The van der Waals surface area contributed by atoms with E-state index < -0.39 is 0 Å². The summed E-state index contributed by atoms with van der Waals surface area (Å²) in [5.41, 5.74) is 2.25. The van der Waals surface area contributed by atoms with Crippen LogP contribution in [-0.2, 0) is 0 Å². The largest absolute Gasteiger partial charge is 0.265 e. The first-order valence-corrected chi connectivity index (χ1v) is 4.82. The van der Waals surface area contributed by atoms with Gasteiger partial charge in [-0.25, -0.2) is 0 Å². The van der Waals surface area contributed by atoms with E-state index in [0.29, 0.717) is 0 Å². The zero-order valence-corrected chi connectivity index (χ0v) is 8.56. The Bertz CT molecular complexity index is 306. The average Bonchev–Trinajstić information content (AvgIpc) is 2.15. The smallest absolute Gasteiger partial charge is 0.210 e. The van der Waals surface area contributed by atoms with E-state index in [9.17, 15) is 10.1 Å². The van der Waals surface area contributed by atoms with Crippen molar-refractivity contribution in [2.24, 2.45) is 0 Å². The summed E-state index contributed by atoms with van der Waals surface area (Å²) in [5, 5.41) is 10.4. The fraction of sp³-hybridized carbons (Fsp3) is 0.455. The topological polar surface area (TPSA) is 43.1 Å². The van der Waals surface area contributed by atoms with Crippen LogP contribution in [0.3, 0.4) is 0 Å². The van der Waals surface area contributed by atoms with Gasteiger partial charge in [-0.05, 0) is 18.9 Å². The van der Waals surface area contributed by atoms with Crippen LogP contribution >= 0.6 is 0 Å². The van der Waals surface area contributed by atoms with Crippen molar-refractivity contribution in [3.8, 4) is 0 Å². The number of rotatable bonds is 4. The van der Waals surface area contributed by atoms with Crippen molar-refractivity contribution in [2.45, 2.75) is 26.2 Å². The first kappa shape index (κ1) is 10.7. The van der Waals surface area contributed by atoms with Gasteiger partial charge in [0.05, 0.1) is 0 Å². The van der Waals surface area contributed by atoms with E-state index in [2.05, 4.69) is 0 Å². The van der Waals surface area contributed by atoms with Gasteiger partial charge in [0.1, 0.15) is 0 Å². The third-order valence-electron chi connectivity index (χ3n) is 2.41. The van der Waals surface area contributed by atoms with Crippen molar-refractivity contribution < 1.29 is 4.92 Å². The highest BCUT2D eigenvalue weighted by Crippen LogP contribution is 2.19. The fourth-order valence-electron chi connectivity index (χ4n) is 1.49. The molecule has 1 rings (SSSR count). The molecule has 1 atom stereocenters. The Morgan fingerprint density at radius 3 is 2.36 bits per heavy atom. The molecule has 0 N–H and O–H groups in total. The molecule has 0 aromatic heterocycles. The third kappa shape index (κ3) is 2.83. The summed E-state index contributed by atoms with van der Waals surface area (Å²) in [7, 11) is 0. The Morgan fingerprint density at radius 2 is 1.93 bits per heavy atom. The lowest BCUT2D eigenvalue weighted by Gasteiger charge is -2.10. The van der Waals surface area contributed by atoms with Crippen LogP contribution < -0.4 is 0 Å². The van der Waals surface area contributed by atoms with Gasteiger partial charge in [0.15, 0.2) is 0 Å². The molecule has 1 aromatic rings. The Kier molecular flexibility index (Phi) is 3.63. The van der Waals surface area contributed by atoms with Gasteiger partial charge in [0, 0.05) is 10.8 Å². The Labute approximate surface area is 83.9 Å². The van der Waals surface area contributed by atoms with E-state index >= 15 is 0 Å². The van der Waals surface area contributed by atoms with Gasteiger partial charge < -0.3 is 0 Å². The van der Waals surface area contributed by atoms with Gasteiger partial charge >= 0.3 is 0 Å². The lowest BCUT2D eigenvalue weighted by molar-refractivity contribution is -0.483. The predicted octanol–water partition coefficient (Wildman–Crippen LogP) is 2.77. The standard InChI is InChI=1S/C11H15NO2/c1-3-10(8-12(13)14)11-6-4-9(2)5-7-11/h4-7,10H,3,8H2,1-2H3/t10-/m0/s1. The molecule has 3 nitrogen and oxygen atoms in total. The average molecular weight is 193 g/mol. The summed E-state index contributed by atoms with van der Waals surface area (Å²) < 4.78 is 0. The van der Waals surface area contributed by atoms with Crippen molar-refractivity contribution in [3.05, 3.63) is 45.5 Å². The van der Waals surface area contributed by atoms with Crippen molar-refractivity contribution >= 4 is 0 Å². The van der Waals surface area contributed by atoms with E-state index in [4.69, 9.17) is 0 Å². The van der Waals surface area contributed by atoms with Crippen LogP contribution in [0.2, 0.25) is 0 Å². The number of aryl methyl sites for hydroxylation is 1. The second-order valence-corrected chi connectivity index (χ2v) is 3.53. The predicted molar refractivity (Wildman–Crippen MR) is 56.1 cm³/mol. The molecule has 0 saturated carbocycles. The zero-order chi connectivity index (χ0) is 10.6. The maximum Gasteiger partial charge on any atom is 0.210 e. The summed E-state index contributed by atoms with van der Waals surface area (Å²) in [5.74, 6) is 0.0469. The number of nitrogens with zero attached hydrogens (tertiary/aromatic N) is 1. The quantitative estimate of drug-likeness (QED) is 0.545. The Balaban J connectivity index is 2.78. The molecular weight excluding hydrogens is 178 g/mol. The molecule has 0 aliphatic carbocycles. The number of hydrogen-bond acceptors (Lipinski definition) is 2. The molecule has 14 heavy (non-hydrogen) atoms. The minimum Gasteiger partial charge on any atom is -0.265 e. The second kappa shape index (κ2) is 4.74. The highest BCUT2D eigenvalue weighted by atomic mass is 16.6. The number of hydrogen-bond donors (Lipinski definition) is 0. The third-order valence-corrected chi connectivity index (χ3v) is 2.41. The highest BCUT2D eigenvalue weighted by molar-refractivity contribution is 5.24. The SMILES string of the molecule is CC[C@@H](C[N+](=O)[O-])c1ccc(C)cc1. The van der Waals surface area contributed by atoms with Gasteiger partial charge in [0.2, 0.25) is 6.54 Å². The summed E-state index contributed by atoms with van der Waals surface area (Å²) in [6.07, 6.45) is 0.810. The van der Waals surface area contributed by atoms with Crippen LogP contribution in [0.4, 0.5) is 0 Å². The minimum atomic E-state index is -0.242. The molecule has 76 valence electrons. The fourth-order valence-corrected chi connectivity index (χ4v) is 1.49. The van der Waals surface area contributed by atoms with E-state index in [-0.39, 0.29) is 17.4 Å². The van der Waals surface area contributed by atoms with Crippen LogP contribution in [0.25, 0.3) is 0 Å². The van der Waals surface area contributed by atoms with Crippen molar-refractivity contribution in [2.75, 3.05) is 6.54 Å². The van der Waals surface area contributed by atoms with Gasteiger partial charge in [-0.3, -0.25) is 10.1 Å². The second-order valence-electron chi connectivity index (χ2n) is 3.53. The molecule has 0 saturated heterocycles. The molecule has 0 fully saturated rings. The molecular formula is C11H15NO2. The van der Waals surface area contributed by atoms with Crippen LogP contribution in [0, 0.1) is 17.0 Å². The van der Waals surface area contributed by atoms with Crippen LogP contribution in [0.5, 0.6) is 0 Å². The van der Waals surface area contributed by atoms with Gasteiger partial charge in [-0.15, -0.1) is 0 Å². The van der Waals surface area contributed by atoms with Gasteiger partial charge in [0.25, 0.3) is 0 Å². The van der Waals surface area contributed by atoms with Crippen LogP contribution in [0.15, 0.2) is 24.3 Å². The zero-order valence-electron chi connectivity index (χ0n) is 8.56. The van der Waals surface area contributed by atoms with E-state index in [1.807, 2.05) is 38.1 Å². The molecule has 3 heteroatoms. The van der Waals surface area contributed by atoms with Gasteiger partial charge in [-0.2, -0.15) is 0 Å². The lowest BCUT2D eigenvalue weighted by atomic mass is 9.96. The van der Waals surface area contributed by atoms with Crippen LogP contribution in [-0.4, -0.2) is 11.5 Å². The van der Waals surface area contributed by atoms with Gasteiger partial charge in [-0.1, -0.05) is 36.8 Å². The van der Waals surface area contributed by atoms with E-state index in [0.717, 1.165) is 12.0 Å². The molecule has 1 aromatic carbocycles. The Morgan fingerprint density at radius 1 is 1.36 bits per heavy atom. The maximum atomic E-state index is 10.4. The molecule has 0 amide bonds. The maximum absolute atomic E-state index is 10.4. The molecule has 0 radical (unpaired) electrons. The van der Waals surface area contributed by atoms with E-state index in [1.54, 1.807) is 0 Å². The number of benzene rings is 1. The van der Waals surface area contributed by atoms with E-state index in [1.165, 1.54) is 5.56 Å². The summed E-state index contributed by atoms with van der Waals surface area (Å²) in [6.45, 7) is 4.02. The summed E-state index contributed by atoms with van der Waals surface area (Å²) in [4.78, 5) is 10.2. The molecule has 0 unspecified atom stereocenters. The highest BCUT2D eigenvalue weighted by Gasteiger charge is 2.14. The first-order valence-electron chi connectivity index (χ1n) is 4.82. The monoisotopic (exact) mass is 193 g/mol.